The molecule has 2 rings (SSSR count). The van der Waals surface area contributed by atoms with Crippen LogP contribution >= 0.6 is 11.8 Å². The second kappa shape index (κ2) is 14.2. The summed E-state index contributed by atoms with van der Waals surface area (Å²) in [6, 6.07) is 3.41. The number of nitrogens with one attached hydrogen (secondary N) is 1. The van der Waals surface area contributed by atoms with Crippen LogP contribution in [0, 0.1) is 0 Å². The number of aliphatic carboxylic acids is 1. The van der Waals surface area contributed by atoms with E-state index < -0.39 is 5.97 Å². The molecular weight excluding hydrogens is 400 g/mol. The molecule has 0 spiro atoms. The van der Waals surface area contributed by atoms with Crippen LogP contribution in [-0.4, -0.2) is 57.6 Å². The smallest absolute Gasteiger partial charge is 0.331 e. The first kappa shape index (κ1) is 24.5. The highest BCUT2D eigenvalue weighted by molar-refractivity contribution is 8.00. The summed E-state index contributed by atoms with van der Waals surface area (Å²) in [6.45, 7) is 2.49. The number of nitrogens with zero attached hydrogens (tertiary/aromatic N) is 2. The maximum Gasteiger partial charge on any atom is 0.331 e. The van der Waals surface area contributed by atoms with Gasteiger partial charge >= 0.3 is 5.97 Å². The van der Waals surface area contributed by atoms with Crippen molar-refractivity contribution in [2.45, 2.75) is 69.6 Å². The number of amides is 1. The fourth-order valence-corrected chi connectivity index (χ4v) is 4.85. The van der Waals surface area contributed by atoms with Crippen LogP contribution in [0.25, 0.3) is 0 Å². The zero-order valence-electron chi connectivity index (χ0n) is 17.9. The van der Waals surface area contributed by atoms with Crippen LogP contribution in [-0.2, 0) is 4.79 Å². The zero-order chi connectivity index (χ0) is 21.6. The normalized spacial score (nSPS) is 16.6. The lowest BCUT2D eigenvalue weighted by molar-refractivity contribution is -0.139. The van der Waals surface area contributed by atoms with Gasteiger partial charge in [0, 0.05) is 25.0 Å². The summed E-state index contributed by atoms with van der Waals surface area (Å²) in [7, 11) is 0. The molecule has 1 fully saturated rings. The average Bonchev–Trinajstić information content (AvgIpc) is 3.20. The summed E-state index contributed by atoms with van der Waals surface area (Å²) in [5.74, 6) is 0.359. The number of carbonyl (C=O) groups excluding carboxylic acids is 1. The van der Waals surface area contributed by atoms with E-state index in [0.717, 1.165) is 38.1 Å². The molecule has 0 aliphatic carbocycles. The van der Waals surface area contributed by atoms with Crippen LogP contribution < -0.4 is 11.1 Å². The van der Waals surface area contributed by atoms with Gasteiger partial charge in [0.2, 0.25) is 0 Å². The Labute approximate surface area is 184 Å². The van der Waals surface area contributed by atoms with Crippen molar-refractivity contribution in [3.05, 3.63) is 23.9 Å². The van der Waals surface area contributed by atoms with E-state index in [1.165, 1.54) is 44.9 Å². The van der Waals surface area contributed by atoms with E-state index in [0.29, 0.717) is 12.1 Å². The van der Waals surface area contributed by atoms with Gasteiger partial charge < -0.3 is 16.2 Å². The van der Waals surface area contributed by atoms with Crippen molar-refractivity contribution >= 4 is 29.5 Å². The van der Waals surface area contributed by atoms with Crippen LogP contribution in [0.4, 0.5) is 5.82 Å². The first-order valence-electron chi connectivity index (χ1n) is 11.2. The molecular formula is C22H36N4O3S. The predicted octanol–water partition coefficient (Wildman–Crippen LogP) is 3.75. The molecule has 2 heterocycles. The van der Waals surface area contributed by atoms with Gasteiger partial charge in [-0.2, -0.15) is 0 Å². The number of aromatic nitrogens is 1. The lowest BCUT2D eigenvalue weighted by Crippen LogP contribution is -2.35. The summed E-state index contributed by atoms with van der Waals surface area (Å²) < 4.78 is 0. The molecule has 1 saturated heterocycles. The third-order valence-electron chi connectivity index (χ3n) is 5.44. The van der Waals surface area contributed by atoms with Crippen LogP contribution in [0.1, 0.15) is 74.6 Å². The fraction of sp³-hybridized carbons (Fsp3) is 0.682. The lowest BCUT2D eigenvalue weighted by atomic mass is 10.1. The number of anilines is 1. The minimum Gasteiger partial charge on any atom is -0.479 e. The van der Waals surface area contributed by atoms with Crippen molar-refractivity contribution in [1.82, 2.24) is 15.2 Å². The van der Waals surface area contributed by atoms with Crippen LogP contribution in [0.2, 0.25) is 0 Å². The molecule has 7 nitrogen and oxygen atoms in total. The molecule has 1 amide bonds. The SMILES string of the molecule is Nc1ncccc1C(=O)NCCCCCCCCCCCCN1CCSC1C(=O)O. The Morgan fingerprint density at radius 3 is 2.37 bits per heavy atom. The van der Waals surface area contributed by atoms with E-state index in [-0.39, 0.29) is 17.1 Å². The third-order valence-corrected chi connectivity index (χ3v) is 6.67. The van der Waals surface area contributed by atoms with E-state index in [2.05, 4.69) is 15.2 Å². The first-order valence-corrected chi connectivity index (χ1v) is 12.2. The van der Waals surface area contributed by atoms with Crippen molar-refractivity contribution < 1.29 is 14.7 Å². The molecule has 1 aromatic rings. The topological polar surface area (TPSA) is 109 Å². The molecule has 0 aromatic carbocycles. The Bertz CT molecular complexity index is 659. The Kier molecular flexibility index (Phi) is 11.6. The number of hydrogen-bond donors (Lipinski definition) is 3. The number of carbonyl (C=O) groups is 2. The largest absolute Gasteiger partial charge is 0.479 e. The quantitative estimate of drug-likeness (QED) is 0.359. The van der Waals surface area contributed by atoms with Crippen LogP contribution in [0.15, 0.2) is 18.3 Å². The van der Waals surface area contributed by atoms with E-state index in [1.807, 2.05) is 0 Å². The van der Waals surface area contributed by atoms with Crippen molar-refractivity contribution in [2.24, 2.45) is 0 Å². The monoisotopic (exact) mass is 436 g/mol. The van der Waals surface area contributed by atoms with Crippen molar-refractivity contribution in [1.29, 1.82) is 0 Å². The maximum absolute atomic E-state index is 12.0. The highest BCUT2D eigenvalue weighted by atomic mass is 32.2. The van der Waals surface area contributed by atoms with Gasteiger partial charge in [-0.15, -0.1) is 11.8 Å². The molecule has 1 atom stereocenters. The van der Waals surface area contributed by atoms with Crippen molar-refractivity contribution in [3.63, 3.8) is 0 Å². The molecule has 0 radical (unpaired) electrons. The van der Waals surface area contributed by atoms with Gasteiger partial charge in [-0.25, -0.2) is 9.78 Å². The summed E-state index contributed by atoms with van der Waals surface area (Å²) in [5, 5.41) is 11.7. The minimum atomic E-state index is -0.696. The predicted molar refractivity (Wildman–Crippen MR) is 123 cm³/mol. The highest BCUT2D eigenvalue weighted by Gasteiger charge is 2.30. The summed E-state index contributed by atoms with van der Waals surface area (Å²) in [4.78, 5) is 29.2. The second-order valence-corrected chi connectivity index (χ2v) is 9.01. The average molecular weight is 437 g/mol. The van der Waals surface area contributed by atoms with Gasteiger partial charge in [-0.05, 0) is 31.5 Å². The van der Waals surface area contributed by atoms with Crippen LogP contribution in [0.3, 0.4) is 0 Å². The Balaban J connectivity index is 1.36. The van der Waals surface area contributed by atoms with E-state index in [9.17, 15) is 9.59 Å². The van der Waals surface area contributed by atoms with Gasteiger partial charge in [0.15, 0.2) is 5.37 Å². The Morgan fingerprint density at radius 2 is 1.73 bits per heavy atom. The minimum absolute atomic E-state index is 0.150. The second-order valence-electron chi connectivity index (χ2n) is 7.82. The Hall–Kier alpha value is -1.80. The number of thioether (sulfide) groups is 1. The molecule has 168 valence electrons. The number of carboxylic acid groups (broad SMARTS) is 1. The van der Waals surface area contributed by atoms with Gasteiger partial charge in [0.05, 0.1) is 5.56 Å². The summed E-state index contributed by atoms with van der Waals surface area (Å²) >= 11 is 1.54. The van der Waals surface area contributed by atoms with E-state index >= 15 is 0 Å². The van der Waals surface area contributed by atoms with Gasteiger partial charge in [0.1, 0.15) is 5.82 Å². The number of nitrogen functional groups attached to an aromatic ring is 1. The molecule has 0 bridgehead atoms. The molecule has 1 unspecified atom stereocenters. The number of unbranched alkanes of at least 4 members (excludes halogenated alkanes) is 9. The number of hydrogen-bond acceptors (Lipinski definition) is 6. The first-order chi connectivity index (χ1) is 14.6. The molecule has 4 N–H and O–H groups in total. The third kappa shape index (κ3) is 8.92. The lowest BCUT2D eigenvalue weighted by Gasteiger charge is -2.19. The van der Waals surface area contributed by atoms with Crippen molar-refractivity contribution in [3.8, 4) is 0 Å². The maximum atomic E-state index is 12.0. The molecule has 1 aliphatic heterocycles. The molecule has 1 aromatic heterocycles. The molecule has 30 heavy (non-hydrogen) atoms. The number of carboxylic acids is 1. The summed E-state index contributed by atoms with van der Waals surface area (Å²) in [5.41, 5.74) is 6.15. The zero-order valence-corrected chi connectivity index (χ0v) is 18.7. The molecule has 1 aliphatic rings. The van der Waals surface area contributed by atoms with E-state index in [4.69, 9.17) is 10.8 Å². The molecule has 8 heteroatoms. The molecule has 0 saturated carbocycles. The number of nitrogens with two attached hydrogens (primary N) is 1. The fourth-order valence-electron chi connectivity index (χ4n) is 3.72. The highest BCUT2D eigenvalue weighted by Crippen LogP contribution is 2.24. The van der Waals surface area contributed by atoms with Gasteiger partial charge in [-0.3, -0.25) is 9.69 Å². The van der Waals surface area contributed by atoms with E-state index in [1.54, 1.807) is 30.1 Å². The van der Waals surface area contributed by atoms with Gasteiger partial charge in [0.25, 0.3) is 5.91 Å². The van der Waals surface area contributed by atoms with Crippen molar-refractivity contribution in [2.75, 3.05) is 31.1 Å². The summed E-state index contributed by atoms with van der Waals surface area (Å²) in [6.07, 6.45) is 13.5. The standard InChI is InChI=1S/C22H36N4O3S/c23-19-18(12-11-14-24-19)20(27)25-13-9-7-5-3-1-2-4-6-8-10-15-26-16-17-30-21(26)22(28)29/h11-12,14,21H,1-10,13,15-17H2,(H2,23,24)(H,25,27)(H,28,29). The van der Waals surface area contributed by atoms with Gasteiger partial charge in [-0.1, -0.05) is 51.4 Å². The Morgan fingerprint density at radius 1 is 1.10 bits per heavy atom. The van der Waals surface area contributed by atoms with Crippen LogP contribution in [0.5, 0.6) is 0 Å². The number of pyridine rings is 1. The number of rotatable bonds is 15.